The summed E-state index contributed by atoms with van der Waals surface area (Å²) in [6.07, 6.45) is 3.33. The third kappa shape index (κ3) is 4.98. The molecule has 5 heteroatoms. The number of piperazine rings is 1. The van der Waals surface area contributed by atoms with Crippen LogP contribution >= 0.6 is 0 Å². The number of amides is 2. The number of anilines is 1. The van der Waals surface area contributed by atoms with E-state index in [0.717, 1.165) is 32.4 Å². The van der Waals surface area contributed by atoms with Crippen molar-refractivity contribution in [3.63, 3.8) is 0 Å². The molecule has 3 rings (SSSR count). The highest BCUT2D eigenvalue weighted by molar-refractivity contribution is 6.09. The van der Waals surface area contributed by atoms with E-state index in [4.69, 9.17) is 0 Å². The second kappa shape index (κ2) is 9.51. The van der Waals surface area contributed by atoms with Gasteiger partial charge in [-0.3, -0.25) is 9.59 Å². The molecule has 1 fully saturated rings. The fraction of sp³-hybridized carbons (Fsp3) is 0.391. The molecule has 1 aliphatic heterocycles. The van der Waals surface area contributed by atoms with E-state index in [2.05, 4.69) is 24.2 Å². The Morgan fingerprint density at radius 3 is 2.32 bits per heavy atom. The number of para-hydroxylation sites is 1. The Morgan fingerprint density at radius 2 is 1.64 bits per heavy atom. The molecule has 5 nitrogen and oxygen atoms in total. The van der Waals surface area contributed by atoms with Gasteiger partial charge in [-0.25, -0.2) is 0 Å². The summed E-state index contributed by atoms with van der Waals surface area (Å²) in [6.45, 7) is 5.31. The number of hydrogen-bond donors (Lipinski definition) is 1. The summed E-state index contributed by atoms with van der Waals surface area (Å²) in [6, 6.07) is 15.0. The summed E-state index contributed by atoms with van der Waals surface area (Å²) >= 11 is 0. The number of aryl methyl sites for hydroxylation is 1. The van der Waals surface area contributed by atoms with Gasteiger partial charge in [0, 0.05) is 31.7 Å². The first-order valence-electron chi connectivity index (χ1n) is 10.1. The molecule has 1 N–H and O–H groups in total. The zero-order valence-corrected chi connectivity index (χ0v) is 16.8. The van der Waals surface area contributed by atoms with Crippen LogP contribution in [0.15, 0.2) is 48.5 Å². The highest BCUT2D eigenvalue weighted by Gasteiger charge is 2.23. The van der Waals surface area contributed by atoms with Crippen molar-refractivity contribution in [1.82, 2.24) is 9.80 Å². The zero-order valence-electron chi connectivity index (χ0n) is 16.8. The highest BCUT2D eigenvalue weighted by atomic mass is 16.2. The van der Waals surface area contributed by atoms with Crippen molar-refractivity contribution < 1.29 is 9.59 Å². The molecule has 28 heavy (non-hydrogen) atoms. The lowest BCUT2D eigenvalue weighted by Crippen LogP contribution is -2.47. The second-order valence-corrected chi connectivity index (χ2v) is 7.40. The first-order valence-corrected chi connectivity index (χ1v) is 10.1. The summed E-state index contributed by atoms with van der Waals surface area (Å²) in [7, 11) is 2.06. The van der Waals surface area contributed by atoms with Gasteiger partial charge < -0.3 is 15.1 Å². The lowest BCUT2D eigenvalue weighted by molar-refractivity contribution is 0.0665. The Kier molecular flexibility index (Phi) is 6.82. The molecule has 1 aliphatic rings. The number of nitrogens with zero attached hydrogens (tertiary/aromatic N) is 2. The van der Waals surface area contributed by atoms with Gasteiger partial charge >= 0.3 is 0 Å². The second-order valence-electron chi connectivity index (χ2n) is 7.40. The molecule has 0 aliphatic carbocycles. The highest BCUT2D eigenvalue weighted by Crippen LogP contribution is 2.19. The van der Waals surface area contributed by atoms with Crippen LogP contribution in [0.3, 0.4) is 0 Å². The van der Waals surface area contributed by atoms with E-state index >= 15 is 0 Å². The number of unbranched alkanes of at least 4 members (excludes halogenated alkanes) is 1. The monoisotopic (exact) mass is 379 g/mol. The van der Waals surface area contributed by atoms with Crippen molar-refractivity contribution in [2.24, 2.45) is 0 Å². The van der Waals surface area contributed by atoms with Crippen molar-refractivity contribution in [3.8, 4) is 0 Å². The molecule has 2 aromatic rings. The van der Waals surface area contributed by atoms with E-state index in [0.29, 0.717) is 29.9 Å². The van der Waals surface area contributed by atoms with Crippen LogP contribution in [-0.2, 0) is 6.42 Å². The van der Waals surface area contributed by atoms with Crippen LogP contribution in [-0.4, -0.2) is 54.8 Å². The van der Waals surface area contributed by atoms with E-state index < -0.39 is 0 Å². The van der Waals surface area contributed by atoms with E-state index in [1.54, 1.807) is 12.1 Å². The Hall–Kier alpha value is -2.66. The smallest absolute Gasteiger partial charge is 0.256 e. The fourth-order valence-electron chi connectivity index (χ4n) is 3.36. The standard InChI is InChI=1S/C23H29N3O2/c1-3-4-7-18-10-12-19(13-11-18)22(27)24-21-9-6-5-8-20(21)23(28)26-16-14-25(2)15-17-26/h5-6,8-13H,3-4,7,14-17H2,1-2H3,(H,24,27). The molecule has 0 saturated carbocycles. The molecule has 1 heterocycles. The topological polar surface area (TPSA) is 52.7 Å². The van der Waals surface area contributed by atoms with Gasteiger partial charge in [0.25, 0.3) is 11.8 Å². The summed E-state index contributed by atoms with van der Waals surface area (Å²) in [5.41, 5.74) is 2.94. The molecule has 1 saturated heterocycles. The average Bonchev–Trinajstić information content (AvgIpc) is 2.73. The average molecular weight is 380 g/mol. The predicted molar refractivity (Wildman–Crippen MR) is 113 cm³/mol. The summed E-state index contributed by atoms with van der Waals surface area (Å²) in [4.78, 5) is 29.7. The van der Waals surface area contributed by atoms with Crippen LogP contribution in [0, 0.1) is 0 Å². The minimum absolute atomic E-state index is 0.0288. The largest absolute Gasteiger partial charge is 0.336 e. The van der Waals surface area contributed by atoms with E-state index in [9.17, 15) is 9.59 Å². The van der Waals surface area contributed by atoms with Crippen LogP contribution < -0.4 is 5.32 Å². The fourth-order valence-corrected chi connectivity index (χ4v) is 3.36. The summed E-state index contributed by atoms with van der Waals surface area (Å²) in [5, 5.41) is 2.92. The first-order chi connectivity index (χ1) is 13.6. The van der Waals surface area contributed by atoms with Gasteiger partial charge in [-0.1, -0.05) is 37.6 Å². The summed E-state index contributed by atoms with van der Waals surface area (Å²) in [5.74, 6) is -0.223. The Balaban J connectivity index is 1.70. The maximum absolute atomic E-state index is 12.9. The van der Waals surface area contributed by atoms with Crippen molar-refractivity contribution in [3.05, 3.63) is 65.2 Å². The third-order valence-corrected chi connectivity index (χ3v) is 5.23. The predicted octanol–water partition coefficient (Wildman–Crippen LogP) is 3.67. The molecule has 0 radical (unpaired) electrons. The van der Waals surface area contributed by atoms with Crippen molar-refractivity contribution in [1.29, 1.82) is 0 Å². The Bertz CT molecular complexity index is 809. The molecule has 0 aromatic heterocycles. The SMILES string of the molecule is CCCCc1ccc(C(=O)Nc2ccccc2C(=O)N2CCN(C)CC2)cc1. The van der Waals surface area contributed by atoms with Gasteiger partial charge in [0.05, 0.1) is 11.3 Å². The lowest BCUT2D eigenvalue weighted by atomic mass is 10.1. The van der Waals surface area contributed by atoms with Crippen molar-refractivity contribution >= 4 is 17.5 Å². The maximum Gasteiger partial charge on any atom is 0.256 e. The van der Waals surface area contributed by atoms with Gasteiger partial charge in [0.15, 0.2) is 0 Å². The number of nitrogens with one attached hydrogen (secondary N) is 1. The van der Waals surface area contributed by atoms with Gasteiger partial charge in [0.1, 0.15) is 0 Å². The molecular formula is C23H29N3O2. The van der Waals surface area contributed by atoms with Gasteiger partial charge in [-0.05, 0) is 49.7 Å². The lowest BCUT2D eigenvalue weighted by Gasteiger charge is -2.32. The van der Waals surface area contributed by atoms with Crippen LogP contribution in [0.4, 0.5) is 5.69 Å². The van der Waals surface area contributed by atoms with Crippen molar-refractivity contribution in [2.75, 3.05) is 38.5 Å². The molecule has 0 spiro atoms. The number of hydrogen-bond acceptors (Lipinski definition) is 3. The number of benzene rings is 2. The molecule has 2 aromatic carbocycles. The van der Waals surface area contributed by atoms with Gasteiger partial charge in [0.2, 0.25) is 0 Å². The zero-order chi connectivity index (χ0) is 19.9. The number of carbonyl (C=O) groups is 2. The molecule has 0 bridgehead atoms. The van der Waals surface area contributed by atoms with Crippen LogP contribution in [0.5, 0.6) is 0 Å². The first kappa shape index (κ1) is 20.1. The Labute approximate surface area is 167 Å². The number of carbonyl (C=O) groups excluding carboxylic acids is 2. The molecule has 0 unspecified atom stereocenters. The molecule has 2 amide bonds. The molecule has 0 atom stereocenters. The number of likely N-dealkylation sites (N-methyl/N-ethyl adjacent to an activating group) is 1. The van der Waals surface area contributed by atoms with E-state index in [1.807, 2.05) is 41.3 Å². The minimum Gasteiger partial charge on any atom is -0.336 e. The van der Waals surface area contributed by atoms with E-state index in [1.165, 1.54) is 5.56 Å². The summed E-state index contributed by atoms with van der Waals surface area (Å²) < 4.78 is 0. The number of rotatable bonds is 6. The van der Waals surface area contributed by atoms with Crippen LogP contribution in [0.25, 0.3) is 0 Å². The van der Waals surface area contributed by atoms with Crippen LogP contribution in [0.1, 0.15) is 46.0 Å². The normalized spacial score (nSPS) is 14.7. The van der Waals surface area contributed by atoms with E-state index in [-0.39, 0.29) is 11.8 Å². The van der Waals surface area contributed by atoms with Crippen LogP contribution in [0.2, 0.25) is 0 Å². The Morgan fingerprint density at radius 1 is 0.964 bits per heavy atom. The minimum atomic E-state index is -0.194. The quantitative estimate of drug-likeness (QED) is 0.833. The maximum atomic E-state index is 12.9. The van der Waals surface area contributed by atoms with Crippen molar-refractivity contribution in [2.45, 2.75) is 26.2 Å². The van der Waals surface area contributed by atoms with Gasteiger partial charge in [-0.15, -0.1) is 0 Å². The van der Waals surface area contributed by atoms with Gasteiger partial charge in [-0.2, -0.15) is 0 Å². The molecule has 148 valence electrons. The molecular weight excluding hydrogens is 350 g/mol. The third-order valence-electron chi connectivity index (χ3n) is 5.23.